The van der Waals surface area contributed by atoms with Gasteiger partial charge in [0.1, 0.15) is 5.82 Å². The Balaban J connectivity index is 1.46. The number of nitrogens with one attached hydrogen (secondary N) is 2. The number of carbonyl (C=O) groups excluding carboxylic acids is 1. The van der Waals surface area contributed by atoms with Gasteiger partial charge < -0.3 is 20.1 Å². The number of nitrogens with zero attached hydrogens (tertiary/aromatic N) is 3. The topological polar surface area (TPSA) is 62.2 Å². The van der Waals surface area contributed by atoms with Gasteiger partial charge in [0.2, 0.25) is 5.91 Å². The van der Waals surface area contributed by atoms with E-state index in [1.54, 1.807) is 18.3 Å². The Morgan fingerprint density at radius 1 is 1.11 bits per heavy atom. The van der Waals surface area contributed by atoms with Crippen molar-refractivity contribution in [3.8, 4) is 5.69 Å². The maximum absolute atomic E-state index is 13.2. The quantitative estimate of drug-likeness (QED) is 0.267. The molecule has 5 rings (SSSR count). The standard InChI is InChI=1S/C29H27ClFN5OS/c1-18-16-24(19(2)36(18)23-7-5-6-20(30)17-23)28-27(25-8-3-4-14-32-25)34-29(38)35(28)15-13-26(37)33-22-11-9-21(31)10-12-22/h3-12,14,16-17,27-28H,13,15H2,1-2H3,(H,33,37)(H,34,38)/t27-,28-/m0/s1. The van der Waals surface area contributed by atoms with Gasteiger partial charge in [-0.25, -0.2) is 4.39 Å². The van der Waals surface area contributed by atoms with Gasteiger partial charge in [-0.3, -0.25) is 9.78 Å². The van der Waals surface area contributed by atoms with E-state index in [4.69, 9.17) is 23.8 Å². The number of halogens is 2. The fraction of sp³-hybridized carbons (Fsp3) is 0.207. The van der Waals surface area contributed by atoms with Gasteiger partial charge in [-0.05, 0) is 92.3 Å². The molecule has 9 heteroatoms. The lowest BCUT2D eigenvalue weighted by Crippen LogP contribution is -2.32. The van der Waals surface area contributed by atoms with Crippen LogP contribution in [-0.4, -0.2) is 32.0 Å². The predicted molar refractivity (Wildman–Crippen MR) is 152 cm³/mol. The summed E-state index contributed by atoms with van der Waals surface area (Å²) in [6.07, 6.45) is 1.98. The number of benzene rings is 2. The smallest absolute Gasteiger partial charge is 0.226 e. The van der Waals surface area contributed by atoms with Crippen LogP contribution in [0.5, 0.6) is 0 Å². The first kappa shape index (κ1) is 25.9. The van der Waals surface area contributed by atoms with Crippen molar-refractivity contribution in [2.45, 2.75) is 32.4 Å². The monoisotopic (exact) mass is 547 g/mol. The molecule has 2 N–H and O–H groups in total. The second-order valence-corrected chi connectivity index (χ2v) is 10.1. The van der Waals surface area contributed by atoms with Crippen molar-refractivity contribution in [3.63, 3.8) is 0 Å². The van der Waals surface area contributed by atoms with Gasteiger partial charge in [0.15, 0.2) is 5.11 Å². The van der Waals surface area contributed by atoms with E-state index >= 15 is 0 Å². The Labute approximate surface area is 231 Å². The molecule has 0 spiro atoms. The highest BCUT2D eigenvalue weighted by Crippen LogP contribution is 2.41. The zero-order valence-electron chi connectivity index (χ0n) is 21.0. The summed E-state index contributed by atoms with van der Waals surface area (Å²) in [6, 6.07) is 21.1. The third-order valence-corrected chi connectivity index (χ3v) is 7.35. The van der Waals surface area contributed by atoms with Crippen molar-refractivity contribution in [3.05, 3.63) is 112 Å². The van der Waals surface area contributed by atoms with Gasteiger partial charge in [0.25, 0.3) is 0 Å². The van der Waals surface area contributed by atoms with Gasteiger partial charge >= 0.3 is 0 Å². The SMILES string of the molecule is Cc1cc([C@H]2[C@H](c3ccccn3)NC(=S)N2CCC(=O)Nc2ccc(F)cc2)c(C)n1-c1cccc(Cl)c1. The van der Waals surface area contributed by atoms with Gasteiger partial charge in [0.05, 0.1) is 17.8 Å². The molecule has 2 atom stereocenters. The molecule has 1 aliphatic rings. The molecule has 1 saturated heterocycles. The molecule has 4 aromatic rings. The van der Waals surface area contributed by atoms with Crippen LogP contribution in [0, 0.1) is 19.7 Å². The molecule has 2 aromatic carbocycles. The number of aromatic nitrogens is 2. The van der Waals surface area contributed by atoms with E-state index in [0.717, 1.165) is 28.3 Å². The molecule has 1 aliphatic heterocycles. The Morgan fingerprint density at radius 2 is 1.89 bits per heavy atom. The predicted octanol–water partition coefficient (Wildman–Crippen LogP) is 6.28. The first-order valence-corrected chi connectivity index (χ1v) is 13.1. The van der Waals surface area contributed by atoms with Crippen molar-refractivity contribution >= 4 is 40.5 Å². The summed E-state index contributed by atoms with van der Waals surface area (Å²) in [5, 5.41) is 7.51. The number of hydrogen-bond donors (Lipinski definition) is 2. The summed E-state index contributed by atoms with van der Waals surface area (Å²) in [4.78, 5) is 19.4. The Kier molecular flexibility index (Phi) is 7.44. The number of rotatable bonds is 7. The molecule has 194 valence electrons. The molecule has 1 fully saturated rings. The summed E-state index contributed by atoms with van der Waals surface area (Å²) in [5.74, 6) is -0.529. The highest BCUT2D eigenvalue weighted by atomic mass is 35.5. The van der Waals surface area contributed by atoms with E-state index < -0.39 is 0 Å². The summed E-state index contributed by atoms with van der Waals surface area (Å²) in [5.41, 5.74) is 5.60. The van der Waals surface area contributed by atoms with Crippen LogP contribution in [0.15, 0.2) is 79.0 Å². The van der Waals surface area contributed by atoms with E-state index in [-0.39, 0.29) is 30.2 Å². The lowest BCUT2D eigenvalue weighted by atomic mass is 9.96. The van der Waals surface area contributed by atoms with E-state index in [2.05, 4.69) is 45.0 Å². The Morgan fingerprint density at radius 3 is 2.61 bits per heavy atom. The van der Waals surface area contributed by atoms with Crippen molar-refractivity contribution in [2.75, 3.05) is 11.9 Å². The molecule has 38 heavy (non-hydrogen) atoms. The zero-order valence-corrected chi connectivity index (χ0v) is 22.6. The fourth-order valence-corrected chi connectivity index (χ4v) is 5.58. The summed E-state index contributed by atoms with van der Waals surface area (Å²) in [6.45, 7) is 4.54. The van der Waals surface area contributed by atoms with Gasteiger partial charge in [-0.2, -0.15) is 0 Å². The van der Waals surface area contributed by atoms with Crippen molar-refractivity contribution in [1.29, 1.82) is 0 Å². The fourth-order valence-electron chi connectivity index (χ4n) is 5.06. The minimum absolute atomic E-state index is 0.177. The number of amides is 1. The highest BCUT2D eigenvalue weighted by Gasteiger charge is 2.41. The van der Waals surface area contributed by atoms with E-state index in [1.807, 2.05) is 42.5 Å². The number of anilines is 1. The molecule has 0 saturated carbocycles. The van der Waals surface area contributed by atoms with Crippen LogP contribution >= 0.6 is 23.8 Å². The molecule has 0 aliphatic carbocycles. The Bertz CT molecular complexity index is 1470. The maximum atomic E-state index is 13.2. The first-order valence-electron chi connectivity index (χ1n) is 12.3. The second-order valence-electron chi connectivity index (χ2n) is 9.27. The molecular weight excluding hydrogens is 521 g/mol. The van der Waals surface area contributed by atoms with Crippen LogP contribution < -0.4 is 10.6 Å². The van der Waals surface area contributed by atoms with Crippen molar-refractivity contribution in [1.82, 2.24) is 19.8 Å². The first-order chi connectivity index (χ1) is 18.3. The minimum Gasteiger partial charge on any atom is -0.352 e. The van der Waals surface area contributed by atoms with Crippen LogP contribution in [0.4, 0.5) is 10.1 Å². The van der Waals surface area contributed by atoms with Crippen LogP contribution in [0.2, 0.25) is 5.02 Å². The lowest BCUT2D eigenvalue weighted by molar-refractivity contribution is -0.116. The number of thiocarbonyl (C=S) groups is 1. The molecular formula is C29H27ClFN5OS. The van der Waals surface area contributed by atoms with E-state index in [1.165, 1.54) is 12.1 Å². The van der Waals surface area contributed by atoms with Gasteiger partial charge in [-0.15, -0.1) is 0 Å². The van der Waals surface area contributed by atoms with Crippen LogP contribution in [0.1, 0.15) is 41.1 Å². The van der Waals surface area contributed by atoms with Gasteiger partial charge in [0, 0.05) is 46.9 Å². The summed E-state index contributed by atoms with van der Waals surface area (Å²) in [7, 11) is 0. The average Bonchev–Trinajstić information content (AvgIpc) is 3.39. The second kappa shape index (κ2) is 10.9. The highest BCUT2D eigenvalue weighted by molar-refractivity contribution is 7.80. The van der Waals surface area contributed by atoms with Crippen LogP contribution in [-0.2, 0) is 4.79 Å². The normalized spacial score (nSPS) is 16.9. The molecule has 0 unspecified atom stereocenters. The molecule has 0 radical (unpaired) electrons. The van der Waals surface area contributed by atoms with Crippen molar-refractivity contribution < 1.29 is 9.18 Å². The zero-order chi connectivity index (χ0) is 26.8. The average molecular weight is 548 g/mol. The number of carbonyl (C=O) groups is 1. The van der Waals surface area contributed by atoms with Gasteiger partial charge in [-0.1, -0.05) is 23.7 Å². The molecule has 0 bridgehead atoms. The number of pyridine rings is 1. The maximum Gasteiger partial charge on any atom is 0.226 e. The summed E-state index contributed by atoms with van der Waals surface area (Å²) < 4.78 is 15.4. The van der Waals surface area contributed by atoms with Crippen LogP contribution in [0.3, 0.4) is 0 Å². The van der Waals surface area contributed by atoms with Crippen LogP contribution in [0.25, 0.3) is 5.69 Å². The Hall–Kier alpha value is -3.75. The third-order valence-electron chi connectivity index (χ3n) is 6.76. The molecule has 2 aromatic heterocycles. The largest absolute Gasteiger partial charge is 0.352 e. The molecule has 3 heterocycles. The van der Waals surface area contributed by atoms with E-state index in [9.17, 15) is 9.18 Å². The van der Waals surface area contributed by atoms with Crippen molar-refractivity contribution in [2.24, 2.45) is 0 Å². The third kappa shape index (κ3) is 5.28. The molecule has 6 nitrogen and oxygen atoms in total. The number of aryl methyl sites for hydroxylation is 1. The lowest BCUT2D eigenvalue weighted by Gasteiger charge is -2.28. The number of hydrogen-bond acceptors (Lipinski definition) is 3. The molecule has 1 amide bonds. The summed E-state index contributed by atoms with van der Waals surface area (Å²) >= 11 is 12.1. The van der Waals surface area contributed by atoms with E-state index in [0.29, 0.717) is 22.4 Å². The minimum atomic E-state index is -0.352.